The van der Waals surface area contributed by atoms with Crippen LogP contribution in [0.5, 0.6) is 0 Å². The van der Waals surface area contributed by atoms with Gasteiger partial charge in [-0.15, -0.1) is 11.3 Å². The summed E-state index contributed by atoms with van der Waals surface area (Å²) in [6.07, 6.45) is 0.989. The molecular weight excluding hydrogens is 208 g/mol. The maximum absolute atomic E-state index is 11.9. The molecule has 0 fully saturated rings. The predicted octanol–water partition coefficient (Wildman–Crippen LogP) is 1.74. The highest BCUT2D eigenvalue weighted by Gasteiger charge is 2.12. The van der Waals surface area contributed by atoms with E-state index in [1.165, 1.54) is 4.88 Å². The molecule has 1 aromatic rings. The number of amides is 1. The molecule has 4 heteroatoms. The van der Waals surface area contributed by atoms with Crippen LogP contribution < -0.4 is 5.32 Å². The minimum absolute atomic E-state index is 0.129. The number of nitrogens with one attached hydrogen (secondary N) is 1. The van der Waals surface area contributed by atoms with E-state index in [4.69, 9.17) is 0 Å². The Kier molecular flexibility index (Phi) is 4.78. The van der Waals surface area contributed by atoms with Crippen LogP contribution in [0.2, 0.25) is 0 Å². The van der Waals surface area contributed by atoms with Crippen molar-refractivity contribution >= 4 is 17.2 Å². The van der Waals surface area contributed by atoms with Gasteiger partial charge in [0.2, 0.25) is 0 Å². The summed E-state index contributed by atoms with van der Waals surface area (Å²) in [6.45, 7) is 3.76. The van der Waals surface area contributed by atoms with Crippen LogP contribution >= 0.6 is 11.3 Å². The summed E-state index contributed by atoms with van der Waals surface area (Å²) >= 11 is 1.56. The first-order valence-corrected chi connectivity index (χ1v) is 5.93. The Morgan fingerprint density at radius 1 is 1.53 bits per heavy atom. The van der Waals surface area contributed by atoms with Gasteiger partial charge in [0.05, 0.1) is 4.88 Å². The van der Waals surface area contributed by atoms with Crippen LogP contribution in [0.3, 0.4) is 0 Å². The smallest absolute Gasteiger partial charge is 0.263 e. The molecule has 0 bridgehead atoms. The van der Waals surface area contributed by atoms with E-state index in [-0.39, 0.29) is 5.91 Å². The quantitative estimate of drug-likeness (QED) is 0.776. The van der Waals surface area contributed by atoms with E-state index in [2.05, 4.69) is 5.32 Å². The van der Waals surface area contributed by atoms with Gasteiger partial charge in [-0.1, -0.05) is 0 Å². The summed E-state index contributed by atoms with van der Waals surface area (Å²) in [7, 11) is 3.78. The maximum Gasteiger partial charge on any atom is 0.263 e. The van der Waals surface area contributed by atoms with Crippen LogP contribution in [-0.2, 0) is 0 Å². The molecule has 0 aliphatic heterocycles. The number of hydrogen-bond acceptors (Lipinski definition) is 3. The van der Waals surface area contributed by atoms with Gasteiger partial charge < -0.3 is 10.2 Å². The Hall–Kier alpha value is -0.870. The third kappa shape index (κ3) is 3.64. The lowest BCUT2D eigenvalue weighted by Gasteiger charge is -2.15. The lowest BCUT2D eigenvalue weighted by atomic mass is 10.3. The van der Waals surface area contributed by atoms with Gasteiger partial charge in [0, 0.05) is 18.5 Å². The number of rotatable bonds is 5. The minimum Gasteiger partial charge on any atom is -0.341 e. The fraction of sp³-hybridized carbons (Fsp3) is 0.545. The third-order valence-corrected chi connectivity index (χ3v) is 3.21. The molecule has 3 nitrogen and oxygen atoms in total. The van der Waals surface area contributed by atoms with Crippen LogP contribution in [-0.4, -0.2) is 38.0 Å². The average molecular weight is 226 g/mol. The van der Waals surface area contributed by atoms with E-state index < -0.39 is 0 Å². The van der Waals surface area contributed by atoms with Gasteiger partial charge in [-0.25, -0.2) is 0 Å². The van der Waals surface area contributed by atoms with Crippen LogP contribution in [0.4, 0.5) is 0 Å². The van der Waals surface area contributed by atoms with Crippen molar-refractivity contribution in [2.45, 2.75) is 13.3 Å². The minimum atomic E-state index is 0.129. The second-order valence-corrected chi connectivity index (χ2v) is 4.88. The molecule has 1 amide bonds. The molecule has 1 rings (SSSR count). The lowest BCUT2D eigenvalue weighted by Crippen LogP contribution is -2.28. The van der Waals surface area contributed by atoms with Crippen molar-refractivity contribution in [1.82, 2.24) is 10.2 Å². The molecule has 1 aromatic heterocycles. The highest BCUT2D eigenvalue weighted by molar-refractivity contribution is 7.13. The van der Waals surface area contributed by atoms with Gasteiger partial charge in [-0.05, 0) is 39.1 Å². The van der Waals surface area contributed by atoms with E-state index in [0.717, 1.165) is 24.4 Å². The molecule has 1 heterocycles. The molecule has 15 heavy (non-hydrogen) atoms. The molecule has 0 aliphatic carbocycles. The molecule has 0 unspecified atom stereocenters. The fourth-order valence-corrected chi connectivity index (χ4v) is 2.19. The summed E-state index contributed by atoms with van der Waals surface area (Å²) in [5, 5.41) is 3.07. The highest BCUT2D eigenvalue weighted by atomic mass is 32.1. The molecule has 0 saturated heterocycles. The van der Waals surface area contributed by atoms with E-state index >= 15 is 0 Å². The molecule has 0 saturated carbocycles. The van der Waals surface area contributed by atoms with Crippen molar-refractivity contribution in [1.29, 1.82) is 0 Å². The van der Waals surface area contributed by atoms with Crippen molar-refractivity contribution in [3.05, 3.63) is 21.9 Å². The van der Waals surface area contributed by atoms with Gasteiger partial charge in [0.15, 0.2) is 0 Å². The monoisotopic (exact) mass is 226 g/mol. The molecule has 0 aromatic carbocycles. The zero-order valence-electron chi connectivity index (χ0n) is 9.54. The first kappa shape index (κ1) is 12.2. The van der Waals surface area contributed by atoms with Crippen molar-refractivity contribution in [2.24, 2.45) is 0 Å². The normalized spacial score (nSPS) is 10.3. The van der Waals surface area contributed by atoms with Gasteiger partial charge in [-0.3, -0.25) is 4.79 Å². The summed E-state index contributed by atoms with van der Waals surface area (Å²) in [4.78, 5) is 15.7. The molecule has 0 spiro atoms. The number of thiophene rings is 1. The van der Waals surface area contributed by atoms with Crippen LogP contribution in [0.25, 0.3) is 0 Å². The summed E-state index contributed by atoms with van der Waals surface area (Å²) in [5.41, 5.74) is 0. The SMILES string of the molecule is CNCCCN(C)C(=O)c1ccc(C)s1. The number of nitrogens with zero attached hydrogens (tertiary/aromatic N) is 1. The Bertz CT molecular complexity index is 322. The average Bonchev–Trinajstić information content (AvgIpc) is 2.64. The Morgan fingerprint density at radius 2 is 2.27 bits per heavy atom. The number of aryl methyl sites for hydroxylation is 1. The molecule has 0 atom stereocenters. The highest BCUT2D eigenvalue weighted by Crippen LogP contribution is 2.16. The maximum atomic E-state index is 11.9. The zero-order chi connectivity index (χ0) is 11.3. The topological polar surface area (TPSA) is 32.3 Å². The Morgan fingerprint density at radius 3 is 2.80 bits per heavy atom. The fourth-order valence-electron chi connectivity index (χ4n) is 1.33. The Balaban J connectivity index is 2.46. The number of carbonyl (C=O) groups excluding carboxylic acids is 1. The summed E-state index contributed by atoms with van der Waals surface area (Å²) in [5.74, 6) is 0.129. The van der Waals surface area contributed by atoms with E-state index in [0.29, 0.717) is 0 Å². The van der Waals surface area contributed by atoms with Crippen LogP contribution in [0.15, 0.2) is 12.1 Å². The second kappa shape index (κ2) is 5.88. The lowest BCUT2D eigenvalue weighted by molar-refractivity contribution is 0.0798. The van der Waals surface area contributed by atoms with Crippen molar-refractivity contribution in [3.8, 4) is 0 Å². The van der Waals surface area contributed by atoms with E-state index in [1.54, 1.807) is 16.2 Å². The largest absolute Gasteiger partial charge is 0.341 e. The van der Waals surface area contributed by atoms with Crippen molar-refractivity contribution < 1.29 is 4.79 Å². The standard InChI is InChI=1S/C11H18N2OS/c1-9-5-6-10(15-9)11(14)13(3)8-4-7-12-2/h5-6,12H,4,7-8H2,1-3H3. The van der Waals surface area contributed by atoms with Gasteiger partial charge >= 0.3 is 0 Å². The second-order valence-electron chi connectivity index (χ2n) is 3.59. The third-order valence-electron chi connectivity index (χ3n) is 2.22. The van der Waals surface area contributed by atoms with E-state index in [9.17, 15) is 4.79 Å². The first-order valence-electron chi connectivity index (χ1n) is 5.11. The van der Waals surface area contributed by atoms with Gasteiger partial charge in [0.25, 0.3) is 5.91 Å². The van der Waals surface area contributed by atoms with Crippen molar-refractivity contribution in [2.75, 3.05) is 27.2 Å². The number of hydrogen-bond donors (Lipinski definition) is 1. The van der Waals surface area contributed by atoms with Crippen LogP contribution in [0.1, 0.15) is 21.0 Å². The first-order chi connectivity index (χ1) is 7.15. The molecule has 0 radical (unpaired) electrons. The summed E-state index contributed by atoms with van der Waals surface area (Å²) in [6, 6.07) is 3.89. The molecular formula is C11H18N2OS. The molecule has 84 valence electrons. The van der Waals surface area contributed by atoms with Gasteiger partial charge in [-0.2, -0.15) is 0 Å². The van der Waals surface area contributed by atoms with Crippen molar-refractivity contribution in [3.63, 3.8) is 0 Å². The zero-order valence-corrected chi connectivity index (χ0v) is 10.4. The van der Waals surface area contributed by atoms with E-state index in [1.807, 2.05) is 33.2 Å². The van der Waals surface area contributed by atoms with Crippen LogP contribution in [0, 0.1) is 6.92 Å². The predicted molar refractivity (Wildman–Crippen MR) is 64.6 cm³/mol. The molecule has 1 N–H and O–H groups in total. The Labute approximate surface area is 95.1 Å². The molecule has 0 aliphatic rings. The number of carbonyl (C=O) groups is 1. The summed E-state index contributed by atoms with van der Waals surface area (Å²) < 4.78 is 0. The van der Waals surface area contributed by atoms with Gasteiger partial charge in [0.1, 0.15) is 0 Å².